The Morgan fingerprint density at radius 1 is 1.31 bits per heavy atom. The maximum Gasteiger partial charge on any atom is 0.258 e. The van der Waals surface area contributed by atoms with Crippen molar-refractivity contribution < 1.29 is 33.1 Å². The standard InChI is InChI=1S/C21H23BrF2N3O.Rh/c1-3-15-6-4-7-16(12-15)26-20(28)18-14(2)17(22)13-25-19(18)27-10-5-8-21(23,24)9-11-27;/h3-4,6-7,12-13H,5,8-11H2,1-2H3,(H,26,28);/q-1;. The van der Waals surface area contributed by atoms with Crippen LogP contribution >= 0.6 is 15.9 Å². The van der Waals surface area contributed by atoms with E-state index in [1.54, 1.807) is 11.1 Å². The number of rotatable bonds is 4. The van der Waals surface area contributed by atoms with Gasteiger partial charge in [-0.1, -0.05) is 13.0 Å². The topological polar surface area (TPSA) is 45.2 Å². The van der Waals surface area contributed by atoms with Gasteiger partial charge in [0, 0.05) is 56.1 Å². The molecule has 1 saturated heterocycles. The molecule has 1 aromatic carbocycles. The Morgan fingerprint density at radius 3 is 2.79 bits per heavy atom. The summed E-state index contributed by atoms with van der Waals surface area (Å²) in [5.41, 5.74) is 2.81. The third kappa shape index (κ3) is 5.76. The minimum atomic E-state index is -2.67. The van der Waals surface area contributed by atoms with Crippen LogP contribution in [-0.4, -0.2) is 29.9 Å². The number of pyridine rings is 1. The van der Waals surface area contributed by atoms with Crippen LogP contribution in [0.15, 0.2) is 34.9 Å². The van der Waals surface area contributed by atoms with Crippen molar-refractivity contribution in [3.63, 3.8) is 0 Å². The predicted octanol–water partition coefficient (Wildman–Crippen LogP) is 5.60. The maximum absolute atomic E-state index is 13.8. The van der Waals surface area contributed by atoms with E-state index in [0.717, 1.165) is 11.1 Å². The van der Waals surface area contributed by atoms with Crippen LogP contribution in [0.4, 0.5) is 20.3 Å². The fraction of sp³-hybridized carbons (Fsp3) is 0.381. The Labute approximate surface area is 191 Å². The van der Waals surface area contributed by atoms with Crippen LogP contribution < -0.4 is 10.2 Å². The summed E-state index contributed by atoms with van der Waals surface area (Å²) in [6.45, 7) is 4.37. The number of benzene rings is 1. The van der Waals surface area contributed by atoms with Gasteiger partial charge in [0.1, 0.15) is 5.82 Å². The van der Waals surface area contributed by atoms with E-state index in [-0.39, 0.29) is 44.8 Å². The number of hydrogen-bond donors (Lipinski definition) is 1. The van der Waals surface area contributed by atoms with Gasteiger partial charge in [-0.25, -0.2) is 13.8 Å². The van der Waals surface area contributed by atoms with E-state index in [2.05, 4.69) is 26.2 Å². The van der Waals surface area contributed by atoms with Gasteiger partial charge in [0.25, 0.3) is 5.91 Å². The number of nitrogens with zero attached hydrogens (tertiary/aromatic N) is 2. The molecule has 0 atom stereocenters. The van der Waals surface area contributed by atoms with Crippen LogP contribution in [-0.2, 0) is 19.5 Å². The minimum absolute atomic E-state index is 0. The Balaban J connectivity index is 0.00000300. The van der Waals surface area contributed by atoms with Gasteiger partial charge < -0.3 is 10.2 Å². The van der Waals surface area contributed by atoms with Crippen molar-refractivity contribution in [2.24, 2.45) is 0 Å². The first-order chi connectivity index (χ1) is 13.3. The number of alkyl halides is 2. The second kappa shape index (κ2) is 9.99. The van der Waals surface area contributed by atoms with Crippen molar-refractivity contribution in [3.05, 3.63) is 58.0 Å². The minimum Gasteiger partial charge on any atom is -0.356 e. The summed E-state index contributed by atoms with van der Waals surface area (Å²) in [6, 6.07) is 7.52. The second-order valence-electron chi connectivity index (χ2n) is 6.99. The summed E-state index contributed by atoms with van der Waals surface area (Å²) in [5, 5.41) is 2.92. The number of anilines is 2. The monoisotopic (exact) mass is 553 g/mol. The molecule has 2 aromatic rings. The van der Waals surface area contributed by atoms with Gasteiger partial charge in [0.05, 0.1) is 5.56 Å². The summed E-state index contributed by atoms with van der Waals surface area (Å²) < 4.78 is 28.3. The molecule has 4 nitrogen and oxygen atoms in total. The summed E-state index contributed by atoms with van der Waals surface area (Å²) in [5.74, 6) is -2.52. The molecule has 1 N–H and O–H groups in total. The summed E-state index contributed by atoms with van der Waals surface area (Å²) in [6.07, 6.45) is 3.56. The molecule has 1 aliphatic heterocycles. The van der Waals surface area contributed by atoms with Crippen LogP contribution in [0.1, 0.15) is 47.7 Å². The van der Waals surface area contributed by atoms with Crippen LogP contribution in [0.3, 0.4) is 0 Å². The smallest absolute Gasteiger partial charge is 0.258 e. The number of carbonyl (C=O) groups excluding carboxylic acids is 1. The number of hydrogen-bond acceptors (Lipinski definition) is 3. The van der Waals surface area contributed by atoms with Gasteiger partial charge in [-0.05, 0) is 40.5 Å². The van der Waals surface area contributed by atoms with Crippen molar-refractivity contribution >= 4 is 33.3 Å². The molecular weight excluding hydrogens is 531 g/mol. The van der Waals surface area contributed by atoms with Crippen molar-refractivity contribution in [1.29, 1.82) is 0 Å². The third-order valence-electron chi connectivity index (χ3n) is 4.98. The molecule has 1 fully saturated rings. The first-order valence-electron chi connectivity index (χ1n) is 9.29. The van der Waals surface area contributed by atoms with Gasteiger partial charge in [-0.2, -0.15) is 18.1 Å². The molecule has 0 saturated carbocycles. The molecule has 0 bridgehead atoms. The van der Waals surface area contributed by atoms with Crippen LogP contribution in [0.2, 0.25) is 0 Å². The predicted molar refractivity (Wildman–Crippen MR) is 111 cm³/mol. The molecule has 3 rings (SSSR count). The first kappa shape index (κ1) is 23.7. The van der Waals surface area contributed by atoms with Gasteiger partial charge in [-0.3, -0.25) is 4.79 Å². The van der Waals surface area contributed by atoms with E-state index >= 15 is 0 Å². The number of halogens is 3. The second-order valence-corrected chi connectivity index (χ2v) is 7.85. The summed E-state index contributed by atoms with van der Waals surface area (Å²) >= 11 is 3.43. The normalized spacial score (nSPS) is 15.8. The Kier molecular flexibility index (Phi) is 8.18. The molecule has 2 heterocycles. The SMILES string of the molecule is C[CH-]c1cccc(NC(=O)c2c(N3CCCC(F)(F)CC3)ncc(Br)c2C)c1.[Rh]. The van der Waals surface area contributed by atoms with Gasteiger partial charge in [-0.15, -0.1) is 12.1 Å². The molecule has 0 unspecified atom stereocenters. The van der Waals surface area contributed by atoms with E-state index in [9.17, 15) is 13.6 Å². The average Bonchev–Trinajstić information content (AvgIpc) is 2.84. The summed E-state index contributed by atoms with van der Waals surface area (Å²) in [4.78, 5) is 19.3. The fourth-order valence-corrected chi connectivity index (χ4v) is 3.64. The van der Waals surface area contributed by atoms with Crippen molar-refractivity contribution in [2.45, 2.75) is 39.0 Å². The molecule has 1 aromatic heterocycles. The number of nitrogens with one attached hydrogen (secondary N) is 1. The first-order valence-corrected chi connectivity index (χ1v) is 10.1. The molecule has 1 aliphatic rings. The molecule has 0 spiro atoms. The third-order valence-corrected chi connectivity index (χ3v) is 5.78. The van der Waals surface area contributed by atoms with Crippen LogP contribution in [0, 0.1) is 13.3 Å². The number of carbonyl (C=O) groups is 1. The van der Waals surface area contributed by atoms with E-state index < -0.39 is 5.92 Å². The van der Waals surface area contributed by atoms with Crippen molar-refractivity contribution in [1.82, 2.24) is 4.98 Å². The van der Waals surface area contributed by atoms with E-state index in [1.807, 2.05) is 44.5 Å². The van der Waals surface area contributed by atoms with E-state index in [4.69, 9.17) is 0 Å². The van der Waals surface area contributed by atoms with Crippen molar-refractivity contribution in [2.75, 3.05) is 23.3 Å². The molecule has 0 aliphatic carbocycles. The zero-order valence-corrected chi connectivity index (χ0v) is 19.5. The van der Waals surface area contributed by atoms with E-state index in [0.29, 0.717) is 34.5 Å². The summed E-state index contributed by atoms with van der Waals surface area (Å²) in [7, 11) is 0. The largest absolute Gasteiger partial charge is 0.356 e. The van der Waals surface area contributed by atoms with Crippen molar-refractivity contribution in [3.8, 4) is 0 Å². The van der Waals surface area contributed by atoms with Gasteiger partial charge >= 0.3 is 0 Å². The molecule has 159 valence electrons. The van der Waals surface area contributed by atoms with Crippen LogP contribution in [0.5, 0.6) is 0 Å². The van der Waals surface area contributed by atoms with Gasteiger partial charge in [0.2, 0.25) is 5.92 Å². The zero-order valence-electron chi connectivity index (χ0n) is 16.3. The quantitative estimate of drug-likeness (QED) is 0.396. The molecular formula is C21H23BrF2N3ORh-. The van der Waals surface area contributed by atoms with Crippen LogP contribution in [0.25, 0.3) is 0 Å². The van der Waals surface area contributed by atoms with E-state index in [1.165, 1.54) is 0 Å². The molecule has 1 amide bonds. The Bertz CT molecular complexity index is 879. The van der Waals surface area contributed by atoms with Gasteiger partial charge in [0.15, 0.2) is 0 Å². The molecule has 29 heavy (non-hydrogen) atoms. The molecule has 8 heteroatoms. The number of amides is 1. The fourth-order valence-electron chi connectivity index (χ4n) is 3.34. The zero-order chi connectivity index (χ0) is 20.3. The Morgan fingerprint density at radius 2 is 2.07 bits per heavy atom. The number of aromatic nitrogens is 1. The average molecular weight is 554 g/mol. The maximum atomic E-state index is 13.8. The molecule has 1 radical (unpaired) electrons. The Hall–Kier alpha value is -1.53.